The van der Waals surface area contributed by atoms with E-state index in [0.29, 0.717) is 19.3 Å². The number of aliphatic hydroxyl groups is 3. The maximum absolute atomic E-state index is 9.92. The molecule has 0 bridgehead atoms. The normalized spacial score (nSPS) is 23.2. The predicted octanol–water partition coefficient (Wildman–Crippen LogP) is -0.676. The van der Waals surface area contributed by atoms with E-state index >= 15 is 0 Å². The fourth-order valence-corrected chi connectivity index (χ4v) is 1.96. The number of aliphatic hydroxyl groups excluding tert-OH is 3. The third-order valence-electron chi connectivity index (χ3n) is 3.34. The first-order valence-electron chi connectivity index (χ1n) is 5.94. The van der Waals surface area contributed by atoms with Gasteiger partial charge in [0, 0.05) is 0 Å². The molecule has 98 valence electrons. The summed E-state index contributed by atoms with van der Waals surface area (Å²) in [6.07, 6.45) is -1.48. The average molecular weight is 234 g/mol. The van der Waals surface area contributed by atoms with Gasteiger partial charge in [-0.1, -0.05) is 20.8 Å². The van der Waals surface area contributed by atoms with Crippen LogP contribution in [0, 0.1) is 0 Å². The Hall–Kier alpha value is -0.200. The zero-order valence-corrected chi connectivity index (χ0v) is 10.4. The average Bonchev–Trinajstić information content (AvgIpc) is 2.33. The van der Waals surface area contributed by atoms with Crippen LogP contribution in [-0.4, -0.2) is 45.2 Å². The van der Waals surface area contributed by atoms with Gasteiger partial charge in [-0.05, 0) is 19.3 Å². The Bertz CT molecular complexity index is 192. The van der Waals surface area contributed by atoms with E-state index in [9.17, 15) is 15.3 Å². The summed E-state index contributed by atoms with van der Waals surface area (Å²) in [5, 5.41) is 29.6. The molecule has 0 aromatic rings. The van der Waals surface area contributed by atoms with Gasteiger partial charge in [0.2, 0.25) is 0 Å². The second kappa shape index (κ2) is 6.51. The van der Waals surface area contributed by atoms with E-state index < -0.39 is 29.9 Å². The number of rotatable bonds is 7. The highest BCUT2D eigenvalue weighted by molar-refractivity contribution is 5.06. The van der Waals surface area contributed by atoms with Crippen LogP contribution in [0.15, 0.2) is 0 Å². The highest BCUT2D eigenvalue weighted by atomic mass is 16.3. The van der Waals surface area contributed by atoms with Crippen LogP contribution in [0.3, 0.4) is 0 Å². The minimum absolute atomic E-state index is 0.387. The SMILES string of the molecule is CCC(O)C(N)C(N)(C(O)CC)C(O)CC. The molecule has 0 aliphatic heterocycles. The minimum Gasteiger partial charge on any atom is -0.391 e. The molecule has 4 atom stereocenters. The molecule has 0 rings (SSSR count). The molecule has 0 amide bonds. The third kappa shape index (κ3) is 2.93. The van der Waals surface area contributed by atoms with E-state index in [1.807, 2.05) is 0 Å². The summed E-state index contributed by atoms with van der Waals surface area (Å²) in [6.45, 7) is 5.31. The summed E-state index contributed by atoms with van der Waals surface area (Å²) in [5.74, 6) is 0. The minimum atomic E-state index is -1.36. The van der Waals surface area contributed by atoms with Crippen LogP contribution in [0.5, 0.6) is 0 Å². The van der Waals surface area contributed by atoms with Crippen molar-refractivity contribution >= 4 is 0 Å². The molecule has 0 saturated heterocycles. The van der Waals surface area contributed by atoms with Crippen molar-refractivity contribution in [2.45, 2.75) is 69.9 Å². The van der Waals surface area contributed by atoms with Gasteiger partial charge < -0.3 is 26.8 Å². The third-order valence-corrected chi connectivity index (χ3v) is 3.34. The summed E-state index contributed by atoms with van der Waals surface area (Å²) >= 11 is 0. The van der Waals surface area contributed by atoms with E-state index in [1.165, 1.54) is 0 Å². The Labute approximate surface area is 97.5 Å². The molecule has 0 radical (unpaired) electrons. The molecule has 0 heterocycles. The van der Waals surface area contributed by atoms with E-state index in [2.05, 4.69) is 0 Å². The maximum Gasteiger partial charge on any atom is 0.0858 e. The monoisotopic (exact) mass is 234 g/mol. The summed E-state index contributed by atoms with van der Waals surface area (Å²) in [5.41, 5.74) is 10.5. The van der Waals surface area contributed by atoms with Gasteiger partial charge in [-0.2, -0.15) is 0 Å². The van der Waals surface area contributed by atoms with Gasteiger partial charge in [0.25, 0.3) is 0 Å². The van der Waals surface area contributed by atoms with Gasteiger partial charge in [0.15, 0.2) is 0 Å². The molecule has 0 fully saturated rings. The fourth-order valence-electron chi connectivity index (χ4n) is 1.96. The number of hydrogen-bond acceptors (Lipinski definition) is 5. The lowest BCUT2D eigenvalue weighted by Gasteiger charge is -2.44. The highest BCUT2D eigenvalue weighted by Crippen LogP contribution is 2.24. The first-order chi connectivity index (χ1) is 7.35. The van der Waals surface area contributed by atoms with Crippen LogP contribution in [-0.2, 0) is 0 Å². The van der Waals surface area contributed by atoms with Crippen molar-refractivity contribution < 1.29 is 15.3 Å². The summed E-state index contributed by atoms with van der Waals surface area (Å²) in [7, 11) is 0. The Balaban J connectivity index is 5.06. The van der Waals surface area contributed by atoms with Crippen LogP contribution < -0.4 is 11.5 Å². The summed E-state index contributed by atoms with van der Waals surface area (Å²) < 4.78 is 0. The van der Waals surface area contributed by atoms with Crippen molar-refractivity contribution in [3.8, 4) is 0 Å². The number of hydrogen-bond donors (Lipinski definition) is 5. The topological polar surface area (TPSA) is 113 Å². The smallest absolute Gasteiger partial charge is 0.0858 e. The molecular weight excluding hydrogens is 208 g/mol. The molecule has 0 aromatic carbocycles. The zero-order valence-electron chi connectivity index (χ0n) is 10.4. The van der Waals surface area contributed by atoms with E-state index in [0.717, 1.165) is 0 Å². The van der Waals surface area contributed by atoms with Gasteiger partial charge in [0.1, 0.15) is 0 Å². The number of nitrogens with two attached hydrogens (primary N) is 2. The summed E-state index contributed by atoms with van der Waals surface area (Å²) in [6, 6.07) is -0.845. The molecule has 0 aromatic heterocycles. The molecule has 7 N–H and O–H groups in total. The lowest BCUT2D eigenvalue weighted by molar-refractivity contribution is -0.0527. The fraction of sp³-hybridized carbons (Fsp3) is 1.00. The van der Waals surface area contributed by atoms with Crippen molar-refractivity contribution in [1.29, 1.82) is 0 Å². The predicted molar refractivity (Wildman–Crippen MR) is 63.8 cm³/mol. The van der Waals surface area contributed by atoms with Gasteiger partial charge >= 0.3 is 0 Å². The molecule has 0 aliphatic rings. The van der Waals surface area contributed by atoms with Crippen molar-refractivity contribution in [2.24, 2.45) is 11.5 Å². The molecule has 0 spiro atoms. The summed E-state index contributed by atoms with van der Waals surface area (Å²) in [4.78, 5) is 0. The van der Waals surface area contributed by atoms with E-state index in [1.54, 1.807) is 20.8 Å². The molecule has 0 saturated carbocycles. The molecule has 5 nitrogen and oxygen atoms in total. The quantitative estimate of drug-likeness (QED) is 0.401. The van der Waals surface area contributed by atoms with Crippen LogP contribution in [0.25, 0.3) is 0 Å². The molecule has 5 heteroatoms. The van der Waals surface area contributed by atoms with Crippen molar-refractivity contribution in [3.63, 3.8) is 0 Å². The second-order valence-corrected chi connectivity index (χ2v) is 4.35. The highest BCUT2D eigenvalue weighted by Gasteiger charge is 2.46. The molecule has 4 unspecified atom stereocenters. The van der Waals surface area contributed by atoms with Crippen LogP contribution in [0.2, 0.25) is 0 Å². The van der Waals surface area contributed by atoms with Gasteiger partial charge in [-0.3, -0.25) is 0 Å². The van der Waals surface area contributed by atoms with Crippen LogP contribution >= 0.6 is 0 Å². The first-order valence-corrected chi connectivity index (χ1v) is 5.94. The van der Waals surface area contributed by atoms with Gasteiger partial charge in [0.05, 0.1) is 29.9 Å². The van der Waals surface area contributed by atoms with Crippen LogP contribution in [0.4, 0.5) is 0 Å². The van der Waals surface area contributed by atoms with E-state index in [-0.39, 0.29) is 0 Å². The Morgan fingerprint density at radius 3 is 1.56 bits per heavy atom. The van der Waals surface area contributed by atoms with Crippen molar-refractivity contribution in [3.05, 3.63) is 0 Å². The van der Waals surface area contributed by atoms with Crippen molar-refractivity contribution in [1.82, 2.24) is 0 Å². The molecule has 16 heavy (non-hydrogen) atoms. The zero-order chi connectivity index (χ0) is 12.9. The maximum atomic E-state index is 9.92. The molecular formula is C11H26N2O3. The largest absolute Gasteiger partial charge is 0.391 e. The van der Waals surface area contributed by atoms with E-state index in [4.69, 9.17) is 11.5 Å². The standard InChI is InChI=1S/C11H26N2O3/c1-4-7(14)10(12)11(13,8(15)5-2)9(16)6-3/h7-10,14-16H,4-6,12-13H2,1-3H3. The Morgan fingerprint density at radius 2 is 1.31 bits per heavy atom. The Kier molecular flexibility index (Phi) is 6.43. The van der Waals surface area contributed by atoms with Gasteiger partial charge in [-0.15, -0.1) is 0 Å². The second-order valence-electron chi connectivity index (χ2n) is 4.35. The van der Waals surface area contributed by atoms with Crippen LogP contribution in [0.1, 0.15) is 40.0 Å². The first kappa shape index (κ1) is 15.8. The van der Waals surface area contributed by atoms with Crippen molar-refractivity contribution in [2.75, 3.05) is 0 Å². The Morgan fingerprint density at radius 1 is 0.938 bits per heavy atom. The lowest BCUT2D eigenvalue weighted by Crippen LogP contribution is -2.72. The van der Waals surface area contributed by atoms with Gasteiger partial charge in [-0.25, -0.2) is 0 Å². The lowest BCUT2D eigenvalue weighted by atomic mass is 9.76. The molecule has 0 aliphatic carbocycles.